The minimum atomic E-state index is -0.202. The summed E-state index contributed by atoms with van der Waals surface area (Å²) in [7, 11) is 0. The van der Waals surface area contributed by atoms with E-state index in [4.69, 9.17) is 4.42 Å². The molecule has 0 atom stereocenters. The number of benzene rings is 10. The standard InChI is InChI=1S/C62H44BN3O/c1-62(2,3)42-30-32-53(49(36-42)39-18-7-4-8-19-39)65-54-33-31-45(64(43-22-9-5-10-23-43)44-24-11-6-12-25-44)37-52(54)63-59-56(65)38-51-46-26-15-16-29-57(46)67-61(51)58(59)48-28-17-27-47-50-34-40-20-13-14-21-41(40)35-55(50)66(63)60(47)48/h4-38H,1-3H3. The SMILES string of the molecule is CC(C)(C)c1ccc(N2c3ccc(N(c4ccccc4)c4ccccc4)cc3B3c4c2cc2c(oc5ccccc52)c4-c2cccc4c5cc6ccccc6cc5n3c24)c(-c2ccccc2)c1. The molecule has 2 aliphatic heterocycles. The van der Waals surface area contributed by atoms with Crippen LogP contribution in [0, 0.1) is 0 Å². The highest BCUT2D eigenvalue weighted by Gasteiger charge is 2.45. The zero-order valence-electron chi connectivity index (χ0n) is 37.5. The number of fused-ring (bicyclic) bond motifs is 12. The van der Waals surface area contributed by atoms with Crippen LogP contribution in [0.5, 0.6) is 0 Å². The first-order chi connectivity index (χ1) is 32.9. The molecule has 316 valence electrons. The molecule has 0 bridgehead atoms. The van der Waals surface area contributed by atoms with Crippen LogP contribution in [0.2, 0.25) is 0 Å². The molecular formula is C62H44BN3O. The van der Waals surface area contributed by atoms with E-state index in [1.54, 1.807) is 0 Å². The Morgan fingerprint density at radius 1 is 0.478 bits per heavy atom. The molecule has 0 N–H and O–H groups in total. The van der Waals surface area contributed by atoms with Gasteiger partial charge in [-0.15, -0.1) is 0 Å². The van der Waals surface area contributed by atoms with E-state index in [1.807, 2.05) is 0 Å². The van der Waals surface area contributed by atoms with E-state index in [0.29, 0.717) is 0 Å². The summed E-state index contributed by atoms with van der Waals surface area (Å²) in [6.45, 7) is 6.72. The van der Waals surface area contributed by atoms with E-state index in [2.05, 4.69) is 247 Å². The average molecular weight is 858 g/mol. The van der Waals surface area contributed by atoms with Crippen LogP contribution in [-0.2, 0) is 5.41 Å². The molecule has 0 saturated heterocycles. The number of hydrogen-bond donors (Lipinski definition) is 0. The van der Waals surface area contributed by atoms with Gasteiger partial charge in [0.15, 0.2) is 0 Å². The number of nitrogens with zero attached hydrogens (tertiary/aromatic N) is 3. The van der Waals surface area contributed by atoms with E-state index in [1.165, 1.54) is 65.8 Å². The Morgan fingerprint density at radius 3 is 1.88 bits per heavy atom. The summed E-state index contributed by atoms with van der Waals surface area (Å²) >= 11 is 0. The Bertz CT molecular complexity index is 3940. The molecule has 0 amide bonds. The number of furan rings is 1. The van der Waals surface area contributed by atoms with Gasteiger partial charge in [0.2, 0.25) is 0 Å². The van der Waals surface area contributed by atoms with Crippen molar-refractivity contribution in [3.05, 3.63) is 218 Å². The summed E-state index contributed by atoms with van der Waals surface area (Å²) in [6, 6.07) is 78.3. The molecular weight excluding hydrogens is 814 g/mol. The van der Waals surface area contributed by atoms with E-state index in [9.17, 15) is 0 Å². The van der Waals surface area contributed by atoms with Gasteiger partial charge in [-0.2, -0.15) is 0 Å². The Hall–Kier alpha value is -8.28. The molecule has 2 aromatic heterocycles. The quantitative estimate of drug-likeness (QED) is 0.161. The third kappa shape index (κ3) is 5.55. The summed E-state index contributed by atoms with van der Waals surface area (Å²) < 4.78 is 9.79. The van der Waals surface area contributed by atoms with Crippen molar-refractivity contribution in [3.8, 4) is 22.3 Å². The van der Waals surface area contributed by atoms with Gasteiger partial charge in [-0.3, -0.25) is 0 Å². The lowest BCUT2D eigenvalue weighted by atomic mass is 9.45. The second kappa shape index (κ2) is 14.1. The van der Waals surface area contributed by atoms with Crippen molar-refractivity contribution in [1.82, 2.24) is 4.48 Å². The van der Waals surface area contributed by atoms with Crippen LogP contribution in [0.4, 0.5) is 34.1 Å². The number of anilines is 6. The second-order valence-corrected chi connectivity index (χ2v) is 19.3. The maximum absolute atomic E-state index is 7.12. The van der Waals surface area contributed by atoms with Crippen LogP contribution < -0.4 is 20.7 Å². The van der Waals surface area contributed by atoms with Crippen molar-refractivity contribution < 1.29 is 4.42 Å². The Kier molecular flexibility index (Phi) is 8.01. The molecule has 5 heteroatoms. The van der Waals surface area contributed by atoms with Crippen molar-refractivity contribution in [2.75, 3.05) is 9.80 Å². The molecule has 4 heterocycles. The fraction of sp³-hybridized carbons (Fsp3) is 0.0645. The van der Waals surface area contributed by atoms with E-state index in [-0.39, 0.29) is 12.3 Å². The highest BCUT2D eigenvalue weighted by Crippen LogP contribution is 2.52. The fourth-order valence-corrected chi connectivity index (χ4v) is 11.4. The predicted octanol–water partition coefficient (Wildman–Crippen LogP) is 15.7. The molecule has 4 nitrogen and oxygen atoms in total. The molecule has 0 radical (unpaired) electrons. The highest BCUT2D eigenvalue weighted by atomic mass is 16.3. The van der Waals surface area contributed by atoms with Gasteiger partial charge in [0.05, 0.1) is 5.69 Å². The first-order valence-electron chi connectivity index (χ1n) is 23.4. The molecule has 0 saturated carbocycles. The van der Waals surface area contributed by atoms with Gasteiger partial charge in [0.1, 0.15) is 11.2 Å². The van der Waals surface area contributed by atoms with Crippen LogP contribution in [0.1, 0.15) is 26.3 Å². The van der Waals surface area contributed by atoms with Crippen molar-refractivity contribution in [1.29, 1.82) is 0 Å². The van der Waals surface area contributed by atoms with Gasteiger partial charge < -0.3 is 18.7 Å². The minimum Gasteiger partial charge on any atom is -0.455 e. The highest BCUT2D eigenvalue weighted by molar-refractivity contribution is 6.90. The molecule has 12 aromatic rings. The third-order valence-electron chi connectivity index (χ3n) is 14.4. The van der Waals surface area contributed by atoms with Gasteiger partial charge in [0.25, 0.3) is 0 Å². The Labute approximate surface area is 389 Å². The summed E-state index contributed by atoms with van der Waals surface area (Å²) in [4.78, 5) is 4.97. The number of para-hydroxylation sites is 4. The normalized spacial score (nSPS) is 12.9. The topological polar surface area (TPSA) is 24.6 Å². The van der Waals surface area contributed by atoms with Gasteiger partial charge >= 0.3 is 6.85 Å². The molecule has 14 rings (SSSR count). The second-order valence-electron chi connectivity index (χ2n) is 19.3. The van der Waals surface area contributed by atoms with Crippen LogP contribution in [0.25, 0.3) is 76.8 Å². The fourth-order valence-electron chi connectivity index (χ4n) is 11.4. The average Bonchev–Trinajstić information content (AvgIpc) is 3.90. The molecule has 2 aliphatic rings. The third-order valence-corrected chi connectivity index (χ3v) is 14.4. The maximum Gasteiger partial charge on any atom is 0.333 e. The van der Waals surface area contributed by atoms with Gasteiger partial charge in [-0.1, -0.05) is 154 Å². The number of hydrogen-bond acceptors (Lipinski definition) is 3. The zero-order chi connectivity index (χ0) is 44.5. The van der Waals surface area contributed by atoms with Gasteiger partial charge in [0, 0.05) is 77.7 Å². The molecule has 0 aliphatic carbocycles. The van der Waals surface area contributed by atoms with Crippen molar-refractivity contribution in [3.63, 3.8) is 0 Å². The molecule has 10 aromatic carbocycles. The summed E-state index contributed by atoms with van der Waals surface area (Å²) in [5.74, 6) is 0. The van der Waals surface area contributed by atoms with Crippen molar-refractivity contribution in [2.45, 2.75) is 26.2 Å². The first-order valence-corrected chi connectivity index (χ1v) is 23.4. The Balaban J connectivity index is 1.17. The van der Waals surface area contributed by atoms with E-state index >= 15 is 0 Å². The lowest BCUT2D eigenvalue weighted by molar-refractivity contribution is 0.590. The first kappa shape index (κ1) is 38.0. The zero-order valence-corrected chi connectivity index (χ0v) is 37.5. The van der Waals surface area contributed by atoms with Crippen LogP contribution >= 0.6 is 0 Å². The van der Waals surface area contributed by atoms with Gasteiger partial charge in [-0.25, -0.2) is 0 Å². The summed E-state index contributed by atoms with van der Waals surface area (Å²) in [6.07, 6.45) is 0. The van der Waals surface area contributed by atoms with Crippen LogP contribution in [0.15, 0.2) is 217 Å². The lowest BCUT2D eigenvalue weighted by Gasteiger charge is -2.42. The summed E-state index contributed by atoms with van der Waals surface area (Å²) in [5, 5.41) is 7.20. The van der Waals surface area contributed by atoms with E-state index in [0.717, 1.165) is 61.6 Å². The smallest absolute Gasteiger partial charge is 0.333 e. The van der Waals surface area contributed by atoms with Gasteiger partial charge in [-0.05, 0) is 117 Å². The van der Waals surface area contributed by atoms with E-state index < -0.39 is 0 Å². The predicted molar refractivity (Wildman–Crippen MR) is 284 cm³/mol. The van der Waals surface area contributed by atoms with Crippen LogP contribution in [-0.4, -0.2) is 11.3 Å². The summed E-state index contributed by atoms with van der Waals surface area (Å²) in [5.41, 5.74) is 19.5. The maximum atomic E-state index is 7.12. The lowest BCUT2D eigenvalue weighted by Crippen LogP contribution is -2.56. The monoisotopic (exact) mass is 857 g/mol. The molecule has 0 fully saturated rings. The number of aromatic nitrogens is 1. The molecule has 67 heavy (non-hydrogen) atoms. The van der Waals surface area contributed by atoms with Crippen molar-refractivity contribution >= 4 is 106 Å². The number of rotatable bonds is 5. The largest absolute Gasteiger partial charge is 0.455 e. The Morgan fingerprint density at radius 2 is 1.13 bits per heavy atom. The molecule has 0 unspecified atom stereocenters. The van der Waals surface area contributed by atoms with Crippen LogP contribution in [0.3, 0.4) is 0 Å². The minimum absolute atomic E-state index is 0.0529. The molecule has 0 spiro atoms. The van der Waals surface area contributed by atoms with Crippen molar-refractivity contribution in [2.24, 2.45) is 0 Å².